The van der Waals surface area contributed by atoms with Gasteiger partial charge in [0.1, 0.15) is 6.04 Å². The van der Waals surface area contributed by atoms with E-state index >= 15 is 0 Å². The fourth-order valence-corrected chi connectivity index (χ4v) is 8.63. The molecule has 0 spiro atoms. The molecule has 4 aliphatic rings. The van der Waals surface area contributed by atoms with Gasteiger partial charge in [-0.2, -0.15) is 0 Å². The molecule has 0 aliphatic carbocycles. The highest BCUT2D eigenvalue weighted by Crippen LogP contribution is 2.29. The highest BCUT2D eigenvalue weighted by atomic mass is 16.5. The molecule has 4 amide bonds. The Balaban J connectivity index is 0.760. The molecular formula is C46H58N10O4. The summed E-state index contributed by atoms with van der Waals surface area (Å²) < 4.78 is 5.77. The maximum atomic E-state index is 12.6. The summed E-state index contributed by atoms with van der Waals surface area (Å²) in [5.41, 5.74) is 8.22. The quantitative estimate of drug-likeness (QED) is 0.122. The number of anilines is 5. The van der Waals surface area contributed by atoms with Crippen LogP contribution in [-0.2, 0) is 20.9 Å². The number of nitrogens with one attached hydrogen (secondary N) is 4. The molecule has 14 heteroatoms. The number of carbonyl (C=O) groups is 3. The van der Waals surface area contributed by atoms with Gasteiger partial charge >= 0.3 is 6.03 Å². The van der Waals surface area contributed by atoms with E-state index in [1.54, 1.807) is 11.1 Å². The lowest BCUT2D eigenvalue weighted by atomic mass is 9.95. The minimum Gasteiger partial charge on any atom is -0.374 e. The van der Waals surface area contributed by atoms with E-state index in [-0.39, 0.29) is 36.1 Å². The maximum absolute atomic E-state index is 12.6. The van der Waals surface area contributed by atoms with Gasteiger partial charge in [0.25, 0.3) is 0 Å². The van der Waals surface area contributed by atoms with Crippen LogP contribution in [0.1, 0.15) is 50.7 Å². The fraction of sp³-hybridized carbons (Fsp3) is 0.457. The number of rotatable bonds is 13. The first kappa shape index (κ1) is 41.0. The number of ether oxygens (including phenoxy) is 1. The predicted octanol–water partition coefficient (Wildman–Crippen LogP) is 5.77. The summed E-state index contributed by atoms with van der Waals surface area (Å²) in [6.45, 7) is 15.1. The molecule has 60 heavy (non-hydrogen) atoms. The number of likely N-dealkylation sites (tertiary alicyclic amines) is 1. The molecule has 14 nitrogen and oxygen atoms in total. The Kier molecular flexibility index (Phi) is 12.8. The van der Waals surface area contributed by atoms with E-state index in [9.17, 15) is 14.4 Å². The van der Waals surface area contributed by atoms with Crippen LogP contribution in [0, 0.1) is 12.8 Å². The number of benzene rings is 3. The Bertz CT molecular complexity index is 2130. The number of amides is 4. The lowest BCUT2D eigenvalue weighted by Gasteiger charge is -2.40. The first-order valence-electron chi connectivity index (χ1n) is 21.5. The van der Waals surface area contributed by atoms with Crippen LogP contribution in [0.5, 0.6) is 0 Å². The smallest absolute Gasteiger partial charge is 0.317 e. The van der Waals surface area contributed by atoms with E-state index in [4.69, 9.17) is 9.72 Å². The van der Waals surface area contributed by atoms with Gasteiger partial charge in [0.2, 0.25) is 17.8 Å². The average molecular weight is 815 g/mol. The van der Waals surface area contributed by atoms with Crippen molar-refractivity contribution in [1.29, 1.82) is 0 Å². The van der Waals surface area contributed by atoms with Crippen LogP contribution in [0.2, 0.25) is 0 Å². The van der Waals surface area contributed by atoms with Gasteiger partial charge in [-0.15, -0.1) is 0 Å². The van der Waals surface area contributed by atoms with E-state index in [0.717, 1.165) is 92.4 Å². The standard InChI is InChI=1S/C46H58N10O4/c1-31(2)60-40-29-56(30-40)46(59)48-27-35-8-7-34(25-32(35)3)41-15-18-47-45(51-41)50-36-9-11-38(12-10-36)55-23-21-53(22-24-55)28-33-16-19-54(20-17-33)39-6-4-5-37(26-39)49-42-13-14-43(57)52-44(42)58/h4-12,15,18,25-26,31,33,40,42,49H,13-14,16-17,19-24,27-30H2,1-3H3,(H,48,59)(H,47,50,51)(H,52,57,58). The van der Waals surface area contributed by atoms with Crippen LogP contribution < -0.4 is 31.1 Å². The van der Waals surface area contributed by atoms with E-state index in [1.807, 2.05) is 38.1 Å². The van der Waals surface area contributed by atoms with Crippen molar-refractivity contribution in [3.8, 4) is 11.3 Å². The van der Waals surface area contributed by atoms with Gasteiger partial charge < -0.3 is 35.4 Å². The third-order valence-electron chi connectivity index (χ3n) is 12.1. The number of carbonyl (C=O) groups excluding carboxylic acids is 3. The summed E-state index contributed by atoms with van der Waals surface area (Å²) in [6, 6.07) is 24.5. The van der Waals surface area contributed by atoms with Crippen LogP contribution in [0.25, 0.3) is 11.3 Å². The number of hydrogen-bond acceptors (Lipinski definition) is 11. The van der Waals surface area contributed by atoms with Crippen molar-refractivity contribution in [3.63, 3.8) is 0 Å². The van der Waals surface area contributed by atoms with Crippen LogP contribution in [0.4, 0.5) is 33.5 Å². The molecule has 5 heterocycles. The van der Waals surface area contributed by atoms with Gasteiger partial charge in [-0.3, -0.25) is 19.8 Å². The second-order valence-electron chi connectivity index (χ2n) is 16.9. The third-order valence-corrected chi connectivity index (χ3v) is 12.1. The first-order chi connectivity index (χ1) is 29.1. The van der Waals surface area contributed by atoms with Gasteiger partial charge in [0, 0.05) is 93.3 Å². The molecule has 0 radical (unpaired) electrons. The Morgan fingerprint density at radius 1 is 0.867 bits per heavy atom. The Morgan fingerprint density at radius 2 is 1.63 bits per heavy atom. The third kappa shape index (κ3) is 10.3. The average Bonchev–Trinajstić information content (AvgIpc) is 3.23. The molecular weight excluding hydrogens is 757 g/mol. The van der Waals surface area contributed by atoms with Gasteiger partial charge in [-0.1, -0.05) is 18.2 Å². The van der Waals surface area contributed by atoms with Crippen molar-refractivity contribution >= 4 is 46.5 Å². The van der Waals surface area contributed by atoms with Crippen molar-refractivity contribution in [2.45, 2.75) is 71.2 Å². The minimum absolute atomic E-state index is 0.0615. The normalized spacial score (nSPS) is 19.3. The Morgan fingerprint density at radius 3 is 2.37 bits per heavy atom. The van der Waals surface area contributed by atoms with Crippen molar-refractivity contribution in [2.24, 2.45) is 5.92 Å². The van der Waals surface area contributed by atoms with Gasteiger partial charge in [0.15, 0.2) is 0 Å². The number of piperazine rings is 1. The van der Waals surface area contributed by atoms with Gasteiger partial charge in [-0.25, -0.2) is 14.8 Å². The lowest BCUT2D eigenvalue weighted by molar-refractivity contribution is -0.133. The van der Waals surface area contributed by atoms with E-state index in [1.165, 1.54) is 11.4 Å². The van der Waals surface area contributed by atoms with Crippen LogP contribution in [0.15, 0.2) is 79.0 Å². The van der Waals surface area contributed by atoms with Crippen molar-refractivity contribution in [2.75, 3.05) is 79.3 Å². The van der Waals surface area contributed by atoms with Crippen LogP contribution >= 0.6 is 0 Å². The Hall–Kier alpha value is -5.73. The number of aromatic nitrogens is 2. The molecule has 0 bridgehead atoms. The highest BCUT2D eigenvalue weighted by molar-refractivity contribution is 6.01. The number of nitrogens with zero attached hydrogens (tertiary/aromatic N) is 6. The fourth-order valence-electron chi connectivity index (χ4n) is 8.63. The summed E-state index contributed by atoms with van der Waals surface area (Å²) in [5.74, 6) is 0.776. The molecule has 1 atom stereocenters. The zero-order valence-corrected chi connectivity index (χ0v) is 35.0. The van der Waals surface area contributed by atoms with Gasteiger partial charge in [0.05, 0.1) is 31.0 Å². The minimum atomic E-state index is -0.379. The molecule has 4 N–H and O–H groups in total. The van der Waals surface area contributed by atoms with Crippen molar-refractivity contribution < 1.29 is 19.1 Å². The highest BCUT2D eigenvalue weighted by Gasteiger charge is 2.32. The summed E-state index contributed by atoms with van der Waals surface area (Å²) in [6.07, 6.45) is 5.27. The van der Waals surface area contributed by atoms with E-state index in [2.05, 4.69) is 96.4 Å². The Labute approximate surface area is 353 Å². The van der Waals surface area contributed by atoms with E-state index < -0.39 is 0 Å². The zero-order valence-electron chi connectivity index (χ0n) is 35.0. The second kappa shape index (κ2) is 18.7. The zero-order chi connectivity index (χ0) is 41.6. The molecule has 4 fully saturated rings. The molecule has 0 saturated carbocycles. The molecule has 3 aromatic carbocycles. The summed E-state index contributed by atoms with van der Waals surface area (Å²) >= 11 is 0. The number of aryl methyl sites for hydroxylation is 1. The van der Waals surface area contributed by atoms with Crippen LogP contribution in [0.3, 0.4) is 0 Å². The molecule has 4 saturated heterocycles. The van der Waals surface area contributed by atoms with Crippen molar-refractivity contribution in [3.05, 3.63) is 90.1 Å². The SMILES string of the molecule is Cc1cc(-c2ccnc(Nc3ccc(N4CCN(CC5CCN(c6cccc(NC7CCC(=O)NC7=O)c6)CC5)CC4)cc3)n2)ccc1CNC(=O)N1CC(OC(C)C)C1. The summed E-state index contributed by atoms with van der Waals surface area (Å²) in [5, 5.41) is 12.2. The van der Waals surface area contributed by atoms with Crippen molar-refractivity contribution in [1.82, 2.24) is 30.4 Å². The first-order valence-corrected chi connectivity index (χ1v) is 21.5. The largest absolute Gasteiger partial charge is 0.374 e. The molecule has 4 aromatic rings. The summed E-state index contributed by atoms with van der Waals surface area (Å²) in [7, 11) is 0. The number of hydrogen-bond donors (Lipinski definition) is 4. The van der Waals surface area contributed by atoms with E-state index in [0.29, 0.717) is 44.3 Å². The number of imide groups is 1. The van der Waals surface area contributed by atoms with Crippen LogP contribution in [-0.4, -0.2) is 115 Å². The second-order valence-corrected chi connectivity index (χ2v) is 16.9. The monoisotopic (exact) mass is 814 g/mol. The summed E-state index contributed by atoms with van der Waals surface area (Å²) in [4.78, 5) is 55.0. The number of urea groups is 1. The molecule has 316 valence electrons. The number of piperidine rings is 2. The lowest BCUT2D eigenvalue weighted by Crippen LogP contribution is -2.58. The maximum Gasteiger partial charge on any atom is 0.317 e. The van der Waals surface area contributed by atoms with Gasteiger partial charge in [-0.05, 0) is 112 Å². The molecule has 4 aliphatic heterocycles. The predicted molar refractivity (Wildman–Crippen MR) is 236 cm³/mol. The molecule has 8 rings (SSSR count). The molecule has 1 aromatic heterocycles. The topological polar surface area (TPSA) is 147 Å². The molecule has 1 unspecified atom stereocenters.